The maximum atomic E-state index is 11.8. The van der Waals surface area contributed by atoms with Crippen LogP contribution in [-0.4, -0.2) is 6.04 Å². The third-order valence-corrected chi connectivity index (χ3v) is 2.43. The zero-order valence-corrected chi connectivity index (χ0v) is 6.63. The standard InChI is InChI=1S/C5H2BrFOS/c6-3-1-4(5(7)8)9-2-3/h1-2H. The molecule has 48 valence electrons. The van der Waals surface area contributed by atoms with Crippen molar-refractivity contribution in [2.45, 2.75) is 0 Å². The minimum Gasteiger partial charge on any atom is -0.254 e. The van der Waals surface area contributed by atoms with Gasteiger partial charge in [0.15, 0.2) is 0 Å². The summed E-state index contributed by atoms with van der Waals surface area (Å²) in [7, 11) is 0. The van der Waals surface area contributed by atoms with Crippen LogP contribution in [0.1, 0.15) is 9.67 Å². The SMILES string of the molecule is O=C(F)c1cc(Br)cs1. The maximum Gasteiger partial charge on any atom is 0.342 e. The molecule has 0 fully saturated rings. The van der Waals surface area contributed by atoms with Gasteiger partial charge in [0.25, 0.3) is 0 Å². The van der Waals surface area contributed by atoms with E-state index in [1.807, 2.05) is 0 Å². The van der Waals surface area contributed by atoms with Crippen LogP contribution in [0, 0.1) is 0 Å². The summed E-state index contributed by atoms with van der Waals surface area (Å²) in [5.74, 6) is 0. The van der Waals surface area contributed by atoms with E-state index in [2.05, 4.69) is 15.9 Å². The summed E-state index contributed by atoms with van der Waals surface area (Å²) >= 11 is 4.18. The molecule has 0 atom stereocenters. The lowest BCUT2D eigenvalue weighted by atomic mass is 10.5. The van der Waals surface area contributed by atoms with E-state index >= 15 is 0 Å². The monoisotopic (exact) mass is 208 g/mol. The van der Waals surface area contributed by atoms with E-state index in [-0.39, 0.29) is 4.88 Å². The van der Waals surface area contributed by atoms with Gasteiger partial charge in [-0.1, -0.05) is 0 Å². The quantitative estimate of drug-likeness (QED) is 0.649. The Bertz CT molecular complexity index is 233. The molecule has 4 heteroatoms. The van der Waals surface area contributed by atoms with Gasteiger partial charge in [-0.3, -0.25) is 4.79 Å². The van der Waals surface area contributed by atoms with Crippen molar-refractivity contribution in [2.24, 2.45) is 0 Å². The van der Waals surface area contributed by atoms with Gasteiger partial charge in [-0.05, 0) is 22.0 Å². The van der Waals surface area contributed by atoms with Gasteiger partial charge >= 0.3 is 6.04 Å². The van der Waals surface area contributed by atoms with Gasteiger partial charge in [-0.25, -0.2) is 0 Å². The van der Waals surface area contributed by atoms with Crippen LogP contribution in [0.4, 0.5) is 4.39 Å². The van der Waals surface area contributed by atoms with Crippen molar-refractivity contribution in [3.05, 3.63) is 20.8 Å². The van der Waals surface area contributed by atoms with Crippen molar-refractivity contribution < 1.29 is 9.18 Å². The molecule has 1 nitrogen and oxygen atoms in total. The van der Waals surface area contributed by atoms with Crippen LogP contribution in [0.5, 0.6) is 0 Å². The molecule has 1 aromatic rings. The fraction of sp³-hybridized carbons (Fsp3) is 0. The van der Waals surface area contributed by atoms with E-state index in [0.717, 1.165) is 15.8 Å². The second kappa shape index (κ2) is 2.58. The molecule has 1 rings (SSSR count). The topological polar surface area (TPSA) is 17.1 Å². The van der Waals surface area contributed by atoms with Crippen LogP contribution >= 0.6 is 27.3 Å². The first kappa shape index (κ1) is 6.89. The molecule has 1 heterocycles. The third-order valence-electron chi connectivity index (χ3n) is 0.761. The van der Waals surface area contributed by atoms with Gasteiger partial charge in [0.1, 0.15) is 4.88 Å². The molecular weight excluding hydrogens is 207 g/mol. The lowest BCUT2D eigenvalue weighted by Gasteiger charge is -1.75. The van der Waals surface area contributed by atoms with E-state index < -0.39 is 6.04 Å². The van der Waals surface area contributed by atoms with Crippen LogP contribution in [-0.2, 0) is 0 Å². The molecule has 9 heavy (non-hydrogen) atoms. The smallest absolute Gasteiger partial charge is 0.254 e. The highest BCUT2D eigenvalue weighted by atomic mass is 79.9. The fourth-order valence-electron chi connectivity index (χ4n) is 0.416. The van der Waals surface area contributed by atoms with Crippen LogP contribution in [0.15, 0.2) is 15.9 Å². The molecule has 0 amide bonds. The normalized spacial score (nSPS) is 9.56. The summed E-state index contributed by atoms with van der Waals surface area (Å²) in [6.07, 6.45) is 0. The Balaban J connectivity index is 2.98. The number of rotatable bonds is 1. The first-order valence-corrected chi connectivity index (χ1v) is 3.81. The minimum absolute atomic E-state index is 0.141. The zero-order valence-electron chi connectivity index (χ0n) is 4.23. The Morgan fingerprint density at radius 1 is 1.78 bits per heavy atom. The third kappa shape index (κ3) is 1.59. The number of carbonyl (C=O) groups excluding carboxylic acids is 1. The number of carbonyl (C=O) groups is 1. The molecule has 0 saturated carbocycles. The Hall–Kier alpha value is -0.220. The number of hydrogen-bond acceptors (Lipinski definition) is 2. The maximum absolute atomic E-state index is 11.8. The summed E-state index contributed by atoms with van der Waals surface area (Å²) in [5, 5.41) is 1.66. The van der Waals surface area contributed by atoms with Crippen molar-refractivity contribution in [2.75, 3.05) is 0 Å². The van der Waals surface area contributed by atoms with Gasteiger partial charge < -0.3 is 0 Å². The van der Waals surface area contributed by atoms with Crippen LogP contribution in [0.25, 0.3) is 0 Å². The van der Waals surface area contributed by atoms with Crippen LogP contribution in [0.2, 0.25) is 0 Å². The van der Waals surface area contributed by atoms with Gasteiger partial charge in [-0.2, -0.15) is 4.39 Å². The Morgan fingerprint density at radius 2 is 2.44 bits per heavy atom. The van der Waals surface area contributed by atoms with E-state index in [4.69, 9.17) is 0 Å². The second-order valence-corrected chi connectivity index (χ2v) is 3.23. The van der Waals surface area contributed by atoms with Crippen LogP contribution < -0.4 is 0 Å². The first-order valence-electron chi connectivity index (χ1n) is 2.14. The average molecular weight is 209 g/mol. The van der Waals surface area contributed by atoms with Gasteiger partial charge in [0.2, 0.25) is 0 Å². The fourth-order valence-corrected chi connectivity index (χ4v) is 1.67. The molecule has 0 unspecified atom stereocenters. The molecule has 0 aliphatic carbocycles. The van der Waals surface area contributed by atoms with Gasteiger partial charge in [0.05, 0.1) is 0 Å². The van der Waals surface area contributed by atoms with E-state index in [1.54, 1.807) is 5.38 Å². The van der Waals surface area contributed by atoms with Crippen molar-refractivity contribution in [1.29, 1.82) is 0 Å². The largest absolute Gasteiger partial charge is 0.342 e. The molecule has 0 spiro atoms. The highest BCUT2D eigenvalue weighted by molar-refractivity contribution is 9.10. The van der Waals surface area contributed by atoms with E-state index in [0.29, 0.717) is 0 Å². The summed E-state index contributed by atoms with van der Waals surface area (Å²) in [4.78, 5) is 10.1. The Labute approximate surface area is 63.6 Å². The lowest BCUT2D eigenvalue weighted by Crippen LogP contribution is -1.80. The highest BCUT2D eigenvalue weighted by Gasteiger charge is 2.04. The van der Waals surface area contributed by atoms with Crippen LogP contribution in [0.3, 0.4) is 0 Å². The summed E-state index contributed by atoms with van der Waals surface area (Å²) in [6.45, 7) is 0. The first-order chi connectivity index (χ1) is 4.20. The molecular formula is C5H2BrFOS. The van der Waals surface area contributed by atoms with Gasteiger partial charge in [0, 0.05) is 9.85 Å². The van der Waals surface area contributed by atoms with E-state index in [1.165, 1.54) is 6.07 Å². The lowest BCUT2D eigenvalue weighted by molar-refractivity contribution is 0.0840. The van der Waals surface area contributed by atoms with Gasteiger partial charge in [-0.15, -0.1) is 11.3 Å². The zero-order chi connectivity index (χ0) is 6.85. The second-order valence-electron chi connectivity index (χ2n) is 1.40. The summed E-state index contributed by atoms with van der Waals surface area (Å²) in [5.41, 5.74) is 0. The Kier molecular flexibility index (Phi) is 1.97. The molecule has 0 saturated heterocycles. The number of halogens is 2. The molecule has 0 aromatic carbocycles. The van der Waals surface area contributed by atoms with Crippen molar-refractivity contribution in [3.63, 3.8) is 0 Å². The molecule has 0 bridgehead atoms. The number of thiophene rings is 1. The molecule has 0 radical (unpaired) electrons. The summed E-state index contributed by atoms with van der Waals surface area (Å²) < 4.78 is 12.5. The molecule has 0 aliphatic heterocycles. The molecule has 0 aliphatic rings. The predicted octanol–water partition coefficient (Wildman–Crippen LogP) is 2.62. The van der Waals surface area contributed by atoms with Crippen molar-refractivity contribution in [1.82, 2.24) is 0 Å². The minimum atomic E-state index is -1.37. The predicted molar refractivity (Wildman–Crippen MR) is 37.5 cm³/mol. The molecule has 1 aromatic heterocycles. The molecule has 0 N–H and O–H groups in total. The Morgan fingerprint density at radius 3 is 2.67 bits per heavy atom. The summed E-state index contributed by atoms with van der Waals surface area (Å²) in [6, 6.07) is 0.0817. The van der Waals surface area contributed by atoms with Crippen molar-refractivity contribution in [3.8, 4) is 0 Å². The average Bonchev–Trinajstić information content (AvgIpc) is 2.14. The number of hydrogen-bond donors (Lipinski definition) is 0. The highest BCUT2D eigenvalue weighted by Crippen LogP contribution is 2.19. The van der Waals surface area contributed by atoms with E-state index in [9.17, 15) is 9.18 Å². The van der Waals surface area contributed by atoms with Crippen molar-refractivity contribution >= 4 is 33.3 Å².